The number of sulfonamides is 1. The Kier molecular flexibility index (Phi) is 8.39. The minimum absolute atomic E-state index is 0.210. The first-order valence-electron chi connectivity index (χ1n) is 9.07. The van der Waals surface area contributed by atoms with Gasteiger partial charge in [-0.15, -0.1) is 0 Å². The highest BCUT2D eigenvalue weighted by Crippen LogP contribution is 2.30. The Bertz CT molecular complexity index is 628. The average molecular weight is 388 g/mol. The summed E-state index contributed by atoms with van der Waals surface area (Å²) in [5.74, 6) is 1.83. The molecule has 0 radical (unpaired) electrons. The van der Waals surface area contributed by atoms with E-state index in [1.807, 2.05) is 25.6 Å². The second-order valence-electron chi connectivity index (χ2n) is 6.00. The van der Waals surface area contributed by atoms with Gasteiger partial charge in [-0.2, -0.15) is 11.8 Å². The first kappa shape index (κ1) is 20.4. The van der Waals surface area contributed by atoms with Crippen molar-refractivity contribution in [1.29, 1.82) is 0 Å². The van der Waals surface area contributed by atoms with Crippen LogP contribution in [0.1, 0.15) is 46.0 Å². The summed E-state index contributed by atoms with van der Waals surface area (Å²) >= 11 is 1.88. The normalized spacial score (nSPS) is 15.9. The summed E-state index contributed by atoms with van der Waals surface area (Å²) in [6.07, 6.45) is 6.46. The molecule has 0 unspecified atom stereocenters. The molecule has 1 N–H and O–H groups in total. The first-order chi connectivity index (χ1) is 12.1. The van der Waals surface area contributed by atoms with Crippen molar-refractivity contribution in [3.63, 3.8) is 0 Å². The molecule has 1 aromatic carbocycles. The van der Waals surface area contributed by atoms with E-state index >= 15 is 0 Å². The van der Waals surface area contributed by atoms with Crippen LogP contribution in [0.3, 0.4) is 0 Å². The second kappa shape index (κ2) is 10.3. The Labute approximate surface area is 155 Å². The van der Waals surface area contributed by atoms with E-state index in [1.54, 1.807) is 12.1 Å². The van der Waals surface area contributed by atoms with Gasteiger partial charge in [0.15, 0.2) is 11.5 Å². The van der Waals surface area contributed by atoms with Gasteiger partial charge in [-0.1, -0.05) is 19.3 Å². The minimum atomic E-state index is -3.53. The third-order valence-corrected chi connectivity index (χ3v) is 6.97. The molecular formula is C18H29NO4S2. The van der Waals surface area contributed by atoms with Gasteiger partial charge in [0.05, 0.1) is 18.1 Å². The van der Waals surface area contributed by atoms with E-state index in [4.69, 9.17) is 9.47 Å². The highest BCUT2D eigenvalue weighted by molar-refractivity contribution is 8.00. The van der Waals surface area contributed by atoms with E-state index in [-0.39, 0.29) is 4.90 Å². The molecular weight excluding hydrogens is 358 g/mol. The van der Waals surface area contributed by atoms with Gasteiger partial charge in [0.1, 0.15) is 0 Å². The molecule has 1 aliphatic rings. The third-order valence-electron chi connectivity index (χ3n) is 4.13. The molecule has 5 nitrogen and oxygen atoms in total. The second-order valence-corrected chi connectivity index (χ2v) is 9.18. The number of nitrogens with one attached hydrogen (secondary N) is 1. The Balaban J connectivity index is 1.92. The lowest BCUT2D eigenvalue weighted by atomic mass is 10.0. The number of rotatable bonds is 10. The fraction of sp³-hybridized carbons (Fsp3) is 0.667. The zero-order valence-corrected chi connectivity index (χ0v) is 16.8. The van der Waals surface area contributed by atoms with Gasteiger partial charge in [0.2, 0.25) is 10.0 Å². The van der Waals surface area contributed by atoms with Crippen LogP contribution in [-0.4, -0.2) is 39.2 Å². The van der Waals surface area contributed by atoms with Gasteiger partial charge in [-0.05, 0) is 38.8 Å². The molecule has 0 spiro atoms. The predicted molar refractivity (Wildman–Crippen MR) is 103 cm³/mol. The maximum Gasteiger partial charge on any atom is 0.240 e. The summed E-state index contributed by atoms with van der Waals surface area (Å²) in [7, 11) is -3.53. The Morgan fingerprint density at radius 2 is 1.76 bits per heavy atom. The molecule has 0 amide bonds. The molecule has 1 saturated carbocycles. The molecule has 0 aliphatic heterocycles. The van der Waals surface area contributed by atoms with Crippen molar-refractivity contribution in [1.82, 2.24) is 4.72 Å². The molecule has 25 heavy (non-hydrogen) atoms. The number of hydrogen-bond acceptors (Lipinski definition) is 5. The van der Waals surface area contributed by atoms with Crippen LogP contribution in [0, 0.1) is 0 Å². The van der Waals surface area contributed by atoms with Crippen LogP contribution < -0.4 is 14.2 Å². The number of benzene rings is 1. The summed E-state index contributed by atoms with van der Waals surface area (Å²) in [6, 6.07) is 4.75. The molecule has 0 aromatic heterocycles. The summed E-state index contributed by atoms with van der Waals surface area (Å²) < 4.78 is 38.7. The average Bonchev–Trinajstić information content (AvgIpc) is 2.61. The molecule has 0 saturated heterocycles. The zero-order valence-electron chi connectivity index (χ0n) is 15.1. The van der Waals surface area contributed by atoms with Crippen LogP contribution in [0.4, 0.5) is 0 Å². The van der Waals surface area contributed by atoms with Crippen molar-refractivity contribution >= 4 is 21.8 Å². The molecule has 142 valence electrons. The van der Waals surface area contributed by atoms with Gasteiger partial charge >= 0.3 is 0 Å². The quantitative estimate of drug-likeness (QED) is 0.618. The monoisotopic (exact) mass is 387 g/mol. The van der Waals surface area contributed by atoms with E-state index < -0.39 is 10.0 Å². The standard InChI is InChI=1S/C18H29NO4S2/c1-3-22-17-11-10-16(14-18(17)23-4-2)25(20,21)19-12-13-24-15-8-6-5-7-9-15/h10-11,14-15,19H,3-9,12-13H2,1-2H3. The molecule has 0 atom stereocenters. The van der Waals surface area contributed by atoms with Gasteiger partial charge < -0.3 is 9.47 Å². The van der Waals surface area contributed by atoms with E-state index in [0.29, 0.717) is 36.5 Å². The molecule has 0 heterocycles. The van der Waals surface area contributed by atoms with Crippen molar-refractivity contribution in [3.05, 3.63) is 18.2 Å². The maximum absolute atomic E-state index is 12.5. The Hall–Kier alpha value is -0.920. The van der Waals surface area contributed by atoms with E-state index in [0.717, 1.165) is 5.75 Å². The number of hydrogen-bond donors (Lipinski definition) is 1. The van der Waals surface area contributed by atoms with Crippen molar-refractivity contribution in [2.45, 2.75) is 56.1 Å². The molecule has 2 rings (SSSR count). The highest BCUT2D eigenvalue weighted by atomic mass is 32.2. The number of ether oxygens (including phenoxy) is 2. The lowest BCUT2D eigenvalue weighted by molar-refractivity contribution is 0.287. The van der Waals surface area contributed by atoms with Crippen LogP contribution in [0.2, 0.25) is 0 Å². The highest BCUT2D eigenvalue weighted by Gasteiger charge is 2.18. The summed E-state index contributed by atoms with van der Waals surface area (Å²) in [6.45, 7) is 5.14. The van der Waals surface area contributed by atoms with Crippen LogP contribution >= 0.6 is 11.8 Å². The topological polar surface area (TPSA) is 64.6 Å². The molecule has 1 aromatic rings. The zero-order chi connectivity index (χ0) is 18.1. The van der Waals surface area contributed by atoms with E-state index in [2.05, 4.69) is 4.72 Å². The number of thioether (sulfide) groups is 1. The maximum atomic E-state index is 12.5. The van der Waals surface area contributed by atoms with Crippen LogP contribution in [0.5, 0.6) is 11.5 Å². The van der Waals surface area contributed by atoms with E-state index in [9.17, 15) is 8.42 Å². The Morgan fingerprint density at radius 1 is 1.08 bits per heavy atom. The lowest BCUT2D eigenvalue weighted by Gasteiger charge is -2.20. The predicted octanol–water partition coefficient (Wildman–Crippen LogP) is 3.83. The van der Waals surface area contributed by atoms with Crippen LogP contribution in [0.15, 0.2) is 23.1 Å². The summed E-state index contributed by atoms with van der Waals surface area (Å²) in [4.78, 5) is 0.210. The smallest absolute Gasteiger partial charge is 0.240 e. The van der Waals surface area contributed by atoms with Crippen molar-refractivity contribution in [2.24, 2.45) is 0 Å². The minimum Gasteiger partial charge on any atom is -0.490 e. The fourth-order valence-electron chi connectivity index (χ4n) is 2.92. The van der Waals surface area contributed by atoms with Gasteiger partial charge in [-0.3, -0.25) is 0 Å². The fourth-order valence-corrected chi connectivity index (χ4v) is 5.31. The van der Waals surface area contributed by atoms with Gasteiger partial charge in [0, 0.05) is 23.6 Å². The first-order valence-corrected chi connectivity index (χ1v) is 11.6. The van der Waals surface area contributed by atoms with Crippen LogP contribution in [-0.2, 0) is 10.0 Å². The van der Waals surface area contributed by atoms with Gasteiger partial charge in [0.25, 0.3) is 0 Å². The molecule has 1 aliphatic carbocycles. The molecule has 1 fully saturated rings. The molecule has 7 heteroatoms. The third kappa shape index (κ3) is 6.38. The largest absolute Gasteiger partial charge is 0.490 e. The van der Waals surface area contributed by atoms with Crippen molar-refractivity contribution in [2.75, 3.05) is 25.5 Å². The van der Waals surface area contributed by atoms with Crippen LogP contribution in [0.25, 0.3) is 0 Å². The van der Waals surface area contributed by atoms with E-state index in [1.165, 1.54) is 38.2 Å². The lowest BCUT2D eigenvalue weighted by Crippen LogP contribution is -2.26. The van der Waals surface area contributed by atoms with Crippen molar-refractivity contribution in [3.8, 4) is 11.5 Å². The summed E-state index contributed by atoms with van der Waals surface area (Å²) in [5.41, 5.74) is 0. The van der Waals surface area contributed by atoms with Crippen molar-refractivity contribution < 1.29 is 17.9 Å². The summed E-state index contributed by atoms with van der Waals surface area (Å²) in [5, 5.41) is 0.688. The Morgan fingerprint density at radius 3 is 2.44 bits per heavy atom. The van der Waals surface area contributed by atoms with Gasteiger partial charge in [-0.25, -0.2) is 13.1 Å². The SMILES string of the molecule is CCOc1ccc(S(=O)(=O)NCCSC2CCCCC2)cc1OCC. The molecule has 0 bridgehead atoms.